The molecule has 0 spiro atoms. The van der Waals surface area contributed by atoms with Crippen LogP contribution in [0.3, 0.4) is 0 Å². The van der Waals surface area contributed by atoms with Gasteiger partial charge in [-0.25, -0.2) is 5.43 Å². The van der Waals surface area contributed by atoms with E-state index in [1.807, 2.05) is 47.3 Å². The summed E-state index contributed by atoms with van der Waals surface area (Å²) in [6, 6.07) is 17.8. The van der Waals surface area contributed by atoms with Gasteiger partial charge in [-0.05, 0) is 61.0 Å². The van der Waals surface area contributed by atoms with E-state index in [0.717, 1.165) is 11.3 Å². The van der Waals surface area contributed by atoms with Crippen molar-refractivity contribution < 1.29 is 9.90 Å². The number of hydrogen-bond acceptors (Lipinski definition) is 3. The summed E-state index contributed by atoms with van der Waals surface area (Å²) in [7, 11) is 0. The van der Waals surface area contributed by atoms with Crippen molar-refractivity contribution in [2.45, 2.75) is 6.92 Å². The number of para-hydroxylation sites is 1. The van der Waals surface area contributed by atoms with Gasteiger partial charge in [0.05, 0.1) is 17.0 Å². The first-order chi connectivity index (χ1) is 11.6. The molecule has 0 bridgehead atoms. The van der Waals surface area contributed by atoms with Gasteiger partial charge in [0.15, 0.2) is 0 Å². The number of aromatic hydroxyl groups is 1. The highest BCUT2D eigenvalue weighted by Gasteiger charge is 2.11. The number of amides is 1. The van der Waals surface area contributed by atoms with Crippen LogP contribution in [0.15, 0.2) is 78.2 Å². The Kier molecular flexibility index (Phi) is 4.43. The maximum atomic E-state index is 12.5. The van der Waals surface area contributed by atoms with E-state index in [2.05, 4.69) is 10.5 Å². The van der Waals surface area contributed by atoms with Crippen molar-refractivity contribution in [3.63, 3.8) is 0 Å². The zero-order chi connectivity index (χ0) is 16.9. The van der Waals surface area contributed by atoms with Crippen LogP contribution in [0.5, 0.6) is 5.75 Å². The minimum Gasteiger partial charge on any atom is -0.508 e. The second kappa shape index (κ2) is 6.83. The van der Waals surface area contributed by atoms with Crippen LogP contribution >= 0.6 is 0 Å². The number of aromatic nitrogens is 1. The van der Waals surface area contributed by atoms with Crippen molar-refractivity contribution >= 4 is 11.6 Å². The highest BCUT2D eigenvalue weighted by Crippen LogP contribution is 2.15. The predicted molar refractivity (Wildman–Crippen MR) is 93.6 cm³/mol. The maximum Gasteiger partial charge on any atom is 0.273 e. The molecule has 0 saturated carbocycles. The van der Waals surface area contributed by atoms with Crippen molar-refractivity contribution in [3.8, 4) is 11.4 Å². The molecule has 0 aliphatic carbocycles. The number of benzene rings is 2. The molecule has 0 fully saturated rings. The number of phenolic OH excluding ortho intramolecular Hbond substituents is 1. The third kappa shape index (κ3) is 3.35. The molecular formula is C19H17N3O2. The Balaban J connectivity index is 1.81. The highest BCUT2D eigenvalue weighted by atomic mass is 16.3. The predicted octanol–water partition coefficient (Wildman–Crippen LogP) is 3.34. The second-order valence-corrected chi connectivity index (χ2v) is 5.29. The zero-order valence-corrected chi connectivity index (χ0v) is 13.2. The Morgan fingerprint density at radius 1 is 1.00 bits per heavy atom. The second-order valence-electron chi connectivity index (χ2n) is 5.29. The molecule has 1 amide bonds. The normalized spacial score (nSPS) is 11.3. The molecule has 0 saturated heterocycles. The van der Waals surface area contributed by atoms with Crippen LogP contribution in [0, 0.1) is 0 Å². The molecule has 2 N–H and O–H groups in total. The molecule has 0 unspecified atom stereocenters. The van der Waals surface area contributed by atoms with E-state index in [0.29, 0.717) is 11.3 Å². The molecule has 120 valence electrons. The van der Waals surface area contributed by atoms with Gasteiger partial charge < -0.3 is 9.67 Å². The molecule has 1 heterocycles. The summed E-state index contributed by atoms with van der Waals surface area (Å²) < 4.78 is 1.88. The fraction of sp³-hybridized carbons (Fsp3) is 0.0526. The number of hydrazone groups is 1. The van der Waals surface area contributed by atoms with Crippen LogP contribution in [-0.2, 0) is 0 Å². The molecule has 0 radical (unpaired) electrons. The zero-order valence-electron chi connectivity index (χ0n) is 13.2. The summed E-state index contributed by atoms with van der Waals surface area (Å²) >= 11 is 0. The topological polar surface area (TPSA) is 66.6 Å². The lowest BCUT2D eigenvalue weighted by Crippen LogP contribution is -2.21. The Hall–Kier alpha value is -3.34. The van der Waals surface area contributed by atoms with Crippen molar-refractivity contribution in [1.29, 1.82) is 0 Å². The van der Waals surface area contributed by atoms with Gasteiger partial charge in [0, 0.05) is 12.4 Å². The van der Waals surface area contributed by atoms with E-state index < -0.39 is 0 Å². The number of phenols is 1. The van der Waals surface area contributed by atoms with E-state index in [4.69, 9.17) is 0 Å². The number of carbonyl (C=O) groups excluding carboxylic acids is 1. The van der Waals surface area contributed by atoms with Gasteiger partial charge in [0.25, 0.3) is 5.91 Å². The SMILES string of the molecule is CC(=NNC(=O)c1ccccc1-n1cccc1)c1ccc(O)cc1. The largest absolute Gasteiger partial charge is 0.508 e. The number of hydrogen-bond donors (Lipinski definition) is 2. The fourth-order valence-electron chi connectivity index (χ4n) is 2.35. The minimum atomic E-state index is -0.280. The maximum absolute atomic E-state index is 12.5. The number of carbonyl (C=O) groups is 1. The summed E-state index contributed by atoms with van der Waals surface area (Å²) in [5.74, 6) is -0.0892. The summed E-state index contributed by atoms with van der Waals surface area (Å²) in [4.78, 5) is 12.5. The number of rotatable bonds is 4. The molecule has 0 atom stereocenters. The summed E-state index contributed by atoms with van der Waals surface area (Å²) in [5.41, 5.74) is 5.39. The van der Waals surface area contributed by atoms with Crippen LogP contribution in [-0.4, -0.2) is 21.3 Å². The molecule has 24 heavy (non-hydrogen) atoms. The summed E-state index contributed by atoms with van der Waals surface area (Å²) in [6.45, 7) is 1.80. The average Bonchev–Trinajstić information content (AvgIpc) is 3.14. The minimum absolute atomic E-state index is 0.191. The molecule has 2 aromatic carbocycles. The van der Waals surface area contributed by atoms with Gasteiger partial charge in [0.1, 0.15) is 5.75 Å². The van der Waals surface area contributed by atoms with Gasteiger partial charge in [-0.15, -0.1) is 0 Å². The van der Waals surface area contributed by atoms with Crippen LogP contribution in [0.25, 0.3) is 5.69 Å². The van der Waals surface area contributed by atoms with Gasteiger partial charge >= 0.3 is 0 Å². The van der Waals surface area contributed by atoms with Crippen molar-refractivity contribution in [3.05, 3.63) is 84.2 Å². The van der Waals surface area contributed by atoms with Crippen LogP contribution in [0.2, 0.25) is 0 Å². The molecule has 5 heteroatoms. The number of nitrogens with one attached hydrogen (secondary N) is 1. The van der Waals surface area contributed by atoms with Crippen molar-refractivity contribution in [1.82, 2.24) is 9.99 Å². The fourth-order valence-corrected chi connectivity index (χ4v) is 2.35. The monoisotopic (exact) mass is 319 g/mol. The Morgan fingerprint density at radius 2 is 1.67 bits per heavy atom. The molecule has 1 aromatic heterocycles. The van der Waals surface area contributed by atoms with E-state index in [1.165, 1.54) is 0 Å². The van der Waals surface area contributed by atoms with Crippen LogP contribution < -0.4 is 5.43 Å². The quantitative estimate of drug-likeness (QED) is 0.572. The smallest absolute Gasteiger partial charge is 0.273 e. The molecular weight excluding hydrogens is 302 g/mol. The Bertz CT molecular complexity index is 866. The Labute approximate surface area is 139 Å². The van der Waals surface area contributed by atoms with Crippen LogP contribution in [0.1, 0.15) is 22.8 Å². The third-order valence-corrected chi connectivity index (χ3v) is 3.64. The van der Waals surface area contributed by atoms with Crippen molar-refractivity contribution in [2.75, 3.05) is 0 Å². The molecule has 3 rings (SSSR count). The van der Waals surface area contributed by atoms with Gasteiger partial charge in [0.2, 0.25) is 0 Å². The summed E-state index contributed by atoms with van der Waals surface area (Å²) in [5, 5.41) is 13.5. The average molecular weight is 319 g/mol. The first-order valence-electron chi connectivity index (χ1n) is 7.51. The van der Waals surface area contributed by atoms with E-state index in [9.17, 15) is 9.90 Å². The summed E-state index contributed by atoms with van der Waals surface area (Å²) in [6.07, 6.45) is 3.77. The lowest BCUT2D eigenvalue weighted by Gasteiger charge is -2.09. The first-order valence-corrected chi connectivity index (χ1v) is 7.51. The molecule has 0 aliphatic heterocycles. The van der Waals surface area contributed by atoms with Crippen molar-refractivity contribution in [2.24, 2.45) is 5.10 Å². The highest BCUT2D eigenvalue weighted by molar-refractivity contribution is 6.02. The van der Waals surface area contributed by atoms with Crippen LogP contribution in [0.4, 0.5) is 0 Å². The molecule has 3 aromatic rings. The van der Waals surface area contributed by atoms with Gasteiger partial charge in [-0.2, -0.15) is 5.10 Å². The first kappa shape index (κ1) is 15.6. The lowest BCUT2D eigenvalue weighted by molar-refractivity contribution is 0.0955. The molecule has 0 aliphatic rings. The third-order valence-electron chi connectivity index (χ3n) is 3.64. The van der Waals surface area contributed by atoms with Gasteiger partial charge in [-0.1, -0.05) is 12.1 Å². The standard InChI is InChI=1S/C19H17N3O2/c1-14(15-8-10-16(23)11-9-15)20-21-19(24)17-6-2-3-7-18(17)22-12-4-5-13-22/h2-13,23H,1H3,(H,21,24). The van der Waals surface area contributed by atoms with E-state index in [-0.39, 0.29) is 11.7 Å². The molecule has 5 nitrogen and oxygen atoms in total. The van der Waals surface area contributed by atoms with E-state index >= 15 is 0 Å². The van der Waals surface area contributed by atoms with Gasteiger partial charge in [-0.3, -0.25) is 4.79 Å². The number of nitrogens with zero attached hydrogens (tertiary/aromatic N) is 2. The van der Waals surface area contributed by atoms with E-state index in [1.54, 1.807) is 37.3 Å². The Morgan fingerprint density at radius 3 is 2.38 bits per heavy atom. The lowest BCUT2D eigenvalue weighted by atomic mass is 10.1.